The number of anilines is 1. The van der Waals surface area contributed by atoms with Crippen molar-refractivity contribution in [1.82, 2.24) is 0 Å². The third kappa shape index (κ3) is 4.85. The van der Waals surface area contributed by atoms with Gasteiger partial charge in [0.2, 0.25) is 0 Å². The lowest BCUT2D eigenvalue weighted by molar-refractivity contribution is -0.143. The van der Waals surface area contributed by atoms with Crippen LogP contribution in [0.15, 0.2) is 30.3 Å². The van der Waals surface area contributed by atoms with Crippen molar-refractivity contribution in [3.8, 4) is 5.75 Å². The fourth-order valence-corrected chi connectivity index (χ4v) is 2.67. The van der Waals surface area contributed by atoms with Crippen LogP contribution in [-0.2, 0) is 12.4 Å². The number of ether oxygens (including phenoxy) is 1. The first kappa shape index (κ1) is 20.9. The molecular formula is C17H12ClF6NO2. The van der Waals surface area contributed by atoms with Crippen molar-refractivity contribution in [3.05, 3.63) is 57.6 Å². The molecule has 1 N–H and O–H groups in total. The molecule has 0 atom stereocenters. The molecule has 0 aliphatic heterocycles. The Balaban J connectivity index is 2.50. The number of nitrogens with one attached hydrogen (secondary N) is 1. The van der Waals surface area contributed by atoms with E-state index in [9.17, 15) is 31.1 Å². The molecule has 0 aliphatic carbocycles. The highest BCUT2D eigenvalue weighted by atomic mass is 35.5. The molecule has 3 nitrogen and oxygen atoms in total. The van der Waals surface area contributed by atoms with E-state index in [0.717, 1.165) is 0 Å². The smallest absolute Gasteiger partial charge is 0.416 e. The zero-order valence-electron chi connectivity index (χ0n) is 13.8. The summed E-state index contributed by atoms with van der Waals surface area (Å²) < 4.78 is 82.5. The Morgan fingerprint density at radius 1 is 0.963 bits per heavy atom. The lowest BCUT2D eigenvalue weighted by Crippen LogP contribution is -2.17. The Labute approximate surface area is 154 Å². The topological polar surface area (TPSA) is 38.3 Å². The van der Waals surface area contributed by atoms with Crippen LogP contribution < -0.4 is 10.1 Å². The predicted molar refractivity (Wildman–Crippen MR) is 87.1 cm³/mol. The molecule has 0 aliphatic rings. The molecule has 10 heteroatoms. The molecule has 1 amide bonds. The number of alkyl halides is 6. The molecule has 2 aromatic rings. The molecule has 27 heavy (non-hydrogen) atoms. The van der Waals surface area contributed by atoms with E-state index in [-0.39, 0.29) is 22.4 Å². The van der Waals surface area contributed by atoms with E-state index >= 15 is 0 Å². The summed E-state index contributed by atoms with van der Waals surface area (Å²) >= 11 is 5.86. The normalized spacial score (nSPS) is 12.0. The highest BCUT2D eigenvalue weighted by Crippen LogP contribution is 2.38. The quantitative estimate of drug-likeness (QED) is 0.634. The van der Waals surface area contributed by atoms with E-state index in [2.05, 4.69) is 0 Å². The number of hydrogen-bond acceptors (Lipinski definition) is 2. The van der Waals surface area contributed by atoms with Crippen molar-refractivity contribution in [2.75, 3.05) is 12.4 Å². The van der Waals surface area contributed by atoms with Crippen LogP contribution in [0.4, 0.5) is 32.0 Å². The zero-order chi connectivity index (χ0) is 20.6. The van der Waals surface area contributed by atoms with Gasteiger partial charge in [-0.05, 0) is 42.8 Å². The van der Waals surface area contributed by atoms with Crippen LogP contribution in [0.2, 0.25) is 5.02 Å². The van der Waals surface area contributed by atoms with Gasteiger partial charge in [-0.2, -0.15) is 26.3 Å². The van der Waals surface area contributed by atoms with Gasteiger partial charge < -0.3 is 10.1 Å². The van der Waals surface area contributed by atoms with Crippen LogP contribution in [-0.4, -0.2) is 13.0 Å². The minimum absolute atomic E-state index is 0.0280. The van der Waals surface area contributed by atoms with Gasteiger partial charge in [0.05, 0.1) is 23.8 Å². The van der Waals surface area contributed by atoms with Gasteiger partial charge in [-0.25, -0.2) is 0 Å². The molecule has 0 aromatic heterocycles. The highest BCUT2D eigenvalue weighted by molar-refractivity contribution is 6.31. The fourth-order valence-electron chi connectivity index (χ4n) is 2.40. The van der Waals surface area contributed by atoms with Crippen molar-refractivity contribution in [2.24, 2.45) is 0 Å². The first-order valence-electron chi connectivity index (χ1n) is 7.28. The van der Waals surface area contributed by atoms with Crippen molar-refractivity contribution >= 4 is 23.2 Å². The molecule has 0 fully saturated rings. The van der Waals surface area contributed by atoms with Crippen LogP contribution in [0.3, 0.4) is 0 Å². The number of carbonyl (C=O) groups is 1. The fraction of sp³-hybridized carbons (Fsp3) is 0.235. The summed E-state index contributed by atoms with van der Waals surface area (Å²) in [6, 6.07) is 3.48. The molecule has 0 heterocycles. The second kappa shape index (κ2) is 7.30. The van der Waals surface area contributed by atoms with Gasteiger partial charge in [0.1, 0.15) is 5.75 Å². The first-order chi connectivity index (χ1) is 12.3. The Morgan fingerprint density at radius 2 is 1.48 bits per heavy atom. The van der Waals surface area contributed by atoms with Gasteiger partial charge in [-0.1, -0.05) is 11.6 Å². The second-order valence-electron chi connectivity index (χ2n) is 5.55. The van der Waals surface area contributed by atoms with Gasteiger partial charge in [0, 0.05) is 10.7 Å². The number of rotatable bonds is 3. The van der Waals surface area contributed by atoms with Crippen LogP contribution in [0.25, 0.3) is 0 Å². The van der Waals surface area contributed by atoms with E-state index in [1.165, 1.54) is 19.2 Å². The summed E-state index contributed by atoms with van der Waals surface area (Å²) in [6.45, 7) is 1.58. The summed E-state index contributed by atoms with van der Waals surface area (Å²) in [6.07, 6.45) is -10.0. The van der Waals surface area contributed by atoms with Crippen molar-refractivity contribution in [1.29, 1.82) is 0 Å². The number of carbonyl (C=O) groups excluding carboxylic acids is 1. The Bertz CT molecular complexity index is 845. The lowest BCUT2D eigenvalue weighted by Gasteiger charge is -2.16. The molecule has 0 saturated heterocycles. The molecule has 0 bridgehead atoms. The molecule has 0 spiro atoms. The molecule has 0 unspecified atom stereocenters. The number of aryl methyl sites for hydroxylation is 1. The average Bonchev–Trinajstić information content (AvgIpc) is 2.52. The van der Waals surface area contributed by atoms with Crippen LogP contribution in [0.5, 0.6) is 5.75 Å². The average molecular weight is 412 g/mol. The SMILES string of the molecule is COc1c(C)cc(Cl)cc1C(=O)Nc1cc(C(F)(F)F)cc(C(F)(F)F)c1. The largest absolute Gasteiger partial charge is 0.496 e. The Morgan fingerprint density at radius 3 is 1.93 bits per heavy atom. The number of benzene rings is 2. The number of amides is 1. The van der Waals surface area contributed by atoms with Crippen molar-refractivity contribution in [3.63, 3.8) is 0 Å². The van der Waals surface area contributed by atoms with E-state index in [1.807, 2.05) is 5.32 Å². The van der Waals surface area contributed by atoms with Crippen LogP contribution >= 0.6 is 11.6 Å². The van der Waals surface area contributed by atoms with Crippen LogP contribution in [0.1, 0.15) is 27.0 Å². The minimum atomic E-state index is -5.02. The van der Waals surface area contributed by atoms with E-state index < -0.39 is 35.1 Å². The third-order valence-corrected chi connectivity index (χ3v) is 3.75. The third-order valence-electron chi connectivity index (χ3n) is 3.53. The maximum absolute atomic E-state index is 12.9. The summed E-state index contributed by atoms with van der Waals surface area (Å²) in [5, 5.41) is 2.19. The van der Waals surface area contributed by atoms with E-state index in [4.69, 9.17) is 16.3 Å². The summed E-state index contributed by atoms with van der Waals surface area (Å²) in [5.74, 6) is -0.871. The molecule has 0 radical (unpaired) electrons. The first-order valence-corrected chi connectivity index (χ1v) is 7.65. The highest BCUT2D eigenvalue weighted by Gasteiger charge is 2.37. The Hall–Kier alpha value is -2.42. The maximum atomic E-state index is 12.9. The lowest BCUT2D eigenvalue weighted by atomic mass is 10.1. The zero-order valence-corrected chi connectivity index (χ0v) is 14.6. The summed E-state index contributed by atoms with van der Waals surface area (Å²) in [7, 11) is 1.26. The number of hydrogen-bond donors (Lipinski definition) is 1. The van der Waals surface area contributed by atoms with Gasteiger partial charge in [0.15, 0.2) is 0 Å². The van der Waals surface area contributed by atoms with Crippen LogP contribution in [0, 0.1) is 6.92 Å². The standard InChI is InChI=1S/C17H12ClF6NO2/c1-8-3-11(18)7-13(14(8)27-2)15(26)25-12-5-9(16(19,20)21)4-10(6-12)17(22,23)24/h3-7H,1-2H3,(H,25,26). The van der Waals surface area contributed by atoms with Crippen molar-refractivity contribution in [2.45, 2.75) is 19.3 Å². The molecule has 0 saturated carbocycles. The van der Waals surface area contributed by atoms with Gasteiger partial charge >= 0.3 is 12.4 Å². The summed E-state index contributed by atoms with van der Waals surface area (Å²) in [4.78, 5) is 12.4. The predicted octanol–water partition coefficient (Wildman–Crippen LogP) is 5.95. The van der Waals surface area contributed by atoms with Gasteiger partial charge in [-0.3, -0.25) is 4.79 Å². The molecule has 2 aromatic carbocycles. The maximum Gasteiger partial charge on any atom is 0.416 e. The molecular weight excluding hydrogens is 400 g/mol. The van der Waals surface area contributed by atoms with E-state index in [1.54, 1.807) is 6.92 Å². The Kier molecular flexibility index (Phi) is 5.65. The monoisotopic (exact) mass is 411 g/mol. The van der Waals surface area contributed by atoms with Gasteiger partial charge in [-0.15, -0.1) is 0 Å². The minimum Gasteiger partial charge on any atom is -0.496 e. The number of methoxy groups -OCH3 is 1. The summed E-state index contributed by atoms with van der Waals surface area (Å²) in [5.41, 5.74) is -3.41. The van der Waals surface area contributed by atoms with Gasteiger partial charge in [0.25, 0.3) is 5.91 Å². The van der Waals surface area contributed by atoms with Crippen molar-refractivity contribution < 1.29 is 35.9 Å². The molecule has 146 valence electrons. The number of halogens is 7. The molecule has 2 rings (SSSR count). The second-order valence-corrected chi connectivity index (χ2v) is 5.99. The van der Waals surface area contributed by atoms with E-state index in [0.29, 0.717) is 17.7 Å².